The first-order valence-corrected chi connectivity index (χ1v) is 7.03. The first-order valence-electron chi connectivity index (χ1n) is 7.03. The lowest BCUT2D eigenvalue weighted by Crippen LogP contribution is -2.29. The van der Waals surface area contributed by atoms with Gasteiger partial charge in [0.25, 0.3) is 0 Å². The summed E-state index contributed by atoms with van der Waals surface area (Å²) in [5.41, 5.74) is 5.94. The molecule has 1 saturated carbocycles. The molecule has 1 fully saturated rings. The van der Waals surface area contributed by atoms with E-state index in [1.54, 1.807) is 6.20 Å². The molecule has 1 aliphatic carbocycles. The second kappa shape index (κ2) is 5.53. The number of anilines is 1. The lowest BCUT2D eigenvalue weighted by atomic mass is 9.86. The molecule has 2 aromatic rings. The smallest absolute Gasteiger partial charge is 0.156 e. The van der Waals surface area contributed by atoms with Crippen LogP contribution in [-0.2, 0) is 0 Å². The monoisotopic (exact) mass is 256 g/mol. The Hall–Kier alpha value is -1.68. The molecule has 3 rings (SSSR count). The molecule has 4 heteroatoms. The number of aromatic nitrogens is 2. The minimum Gasteiger partial charge on any atom is -0.368 e. The molecule has 1 heterocycles. The Labute approximate surface area is 113 Å². The van der Waals surface area contributed by atoms with Crippen LogP contribution in [0.5, 0.6) is 0 Å². The first-order chi connectivity index (χ1) is 9.33. The number of nitrogens with two attached hydrogens (primary N) is 1. The lowest BCUT2D eigenvalue weighted by molar-refractivity contribution is 0.338. The molecular weight excluding hydrogens is 236 g/mol. The van der Waals surface area contributed by atoms with Crippen molar-refractivity contribution in [1.29, 1.82) is 0 Å². The molecule has 0 spiro atoms. The third-order valence-corrected chi connectivity index (χ3v) is 4.02. The average Bonchev–Trinajstić information content (AvgIpc) is 2.47. The van der Waals surface area contributed by atoms with Gasteiger partial charge >= 0.3 is 0 Å². The summed E-state index contributed by atoms with van der Waals surface area (Å²) in [6.45, 7) is 0.968. The van der Waals surface area contributed by atoms with Crippen molar-refractivity contribution in [2.45, 2.75) is 31.7 Å². The van der Waals surface area contributed by atoms with Crippen molar-refractivity contribution in [3.63, 3.8) is 0 Å². The van der Waals surface area contributed by atoms with Gasteiger partial charge in [0.05, 0.1) is 6.20 Å². The Bertz CT molecular complexity index is 541. The van der Waals surface area contributed by atoms with Crippen molar-refractivity contribution < 1.29 is 0 Å². The van der Waals surface area contributed by atoms with E-state index < -0.39 is 0 Å². The largest absolute Gasteiger partial charge is 0.368 e. The quantitative estimate of drug-likeness (QED) is 0.886. The second-order valence-electron chi connectivity index (χ2n) is 5.44. The van der Waals surface area contributed by atoms with Gasteiger partial charge in [0.15, 0.2) is 5.82 Å². The molecule has 1 aromatic heterocycles. The van der Waals surface area contributed by atoms with Crippen LogP contribution in [0.2, 0.25) is 0 Å². The molecule has 0 saturated heterocycles. The predicted molar refractivity (Wildman–Crippen MR) is 78.0 cm³/mol. The highest BCUT2D eigenvalue weighted by Crippen LogP contribution is 2.25. The number of rotatable bonds is 3. The van der Waals surface area contributed by atoms with Crippen LogP contribution in [0, 0.1) is 5.92 Å². The topological polar surface area (TPSA) is 63.8 Å². The lowest BCUT2D eigenvalue weighted by Gasteiger charge is -2.26. The summed E-state index contributed by atoms with van der Waals surface area (Å²) >= 11 is 0. The third kappa shape index (κ3) is 2.84. The summed E-state index contributed by atoms with van der Waals surface area (Å²) in [6.07, 6.45) is 6.53. The molecule has 3 N–H and O–H groups in total. The fourth-order valence-electron chi connectivity index (χ4n) is 2.79. The fourth-order valence-corrected chi connectivity index (χ4v) is 2.79. The van der Waals surface area contributed by atoms with Crippen LogP contribution in [0.25, 0.3) is 10.8 Å². The van der Waals surface area contributed by atoms with E-state index in [0.29, 0.717) is 12.0 Å². The molecular formula is C15H20N4. The Morgan fingerprint density at radius 1 is 1.16 bits per heavy atom. The molecule has 0 unspecified atom stereocenters. The van der Waals surface area contributed by atoms with E-state index in [9.17, 15) is 0 Å². The van der Waals surface area contributed by atoms with Crippen LogP contribution in [0.15, 0.2) is 30.5 Å². The van der Waals surface area contributed by atoms with Crippen molar-refractivity contribution >= 4 is 16.6 Å². The van der Waals surface area contributed by atoms with Gasteiger partial charge in [-0.1, -0.05) is 24.3 Å². The minimum absolute atomic E-state index is 0.411. The highest BCUT2D eigenvalue weighted by atomic mass is 15.2. The van der Waals surface area contributed by atoms with E-state index >= 15 is 0 Å². The normalized spacial score (nSPS) is 23.4. The molecule has 0 atom stereocenters. The number of nitrogens with zero attached hydrogens (tertiary/aromatic N) is 2. The highest BCUT2D eigenvalue weighted by Gasteiger charge is 2.18. The van der Waals surface area contributed by atoms with E-state index in [1.165, 1.54) is 12.8 Å². The maximum Gasteiger partial charge on any atom is 0.156 e. The average molecular weight is 256 g/mol. The predicted octanol–water partition coefficient (Wildman–Crippen LogP) is 2.56. The molecule has 0 bridgehead atoms. The summed E-state index contributed by atoms with van der Waals surface area (Å²) in [5.74, 6) is 1.61. The standard InChI is InChI=1S/C15H20N4/c16-13-7-5-11(6-8-13)9-17-15-14-4-2-1-3-12(14)10-18-19-15/h1-4,10-11,13H,5-9,16H2,(H,17,19). The van der Waals surface area contributed by atoms with Crippen molar-refractivity contribution in [3.05, 3.63) is 30.5 Å². The summed E-state index contributed by atoms with van der Waals surface area (Å²) in [7, 11) is 0. The highest BCUT2D eigenvalue weighted by molar-refractivity contribution is 5.90. The van der Waals surface area contributed by atoms with Crippen LogP contribution in [0.3, 0.4) is 0 Å². The zero-order valence-electron chi connectivity index (χ0n) is 11.0. The Kier molecular flexibility index (Phi) is 3.60. The van der Waals surface area contributed by atoms with Gasteiger partial charge in [-0.2, -0.15) is 5.10 Å². The number of hydrogen-bond donors (Lipinski definition) is 2. The Balaban J connectivity index is 1.68. The fraction of sp³-hybridized carbons (Fsp3) is 0.467. The SMILES string of the molecule is NC1CCC(CNc2nncc3ccccc23)CC1. The van der Waals surface area contributed by atoms with Gasteiger partial charge < -0.3 is 11.1 Å². The minimum atomic E-state index is 0.411. The number of hydrogen-bond acceptors (Lipinski definition) is 4. The molecule has 0 radical (unpaired) electrons. The summed E-state index contributed by atoms with van der Waals surface area (Å²) in [5, 5.41) is 14.0. The zero-order valence-corrected chi connectivity index (χ0v) is 11.0. The second-order valence-corrected chi connectivity index (χ2v) is 5.44. The number of fused-ring (bicyclic) bond motifs is 1. The maximum absolute atomic E-state index is 5.94. The van der Waals surface area contributed by atoms with Gasteiger partial charge in [-0.05, 0) is 31.6 Å². The van der Waals surface area contributed by atoms with Crippen LogP contribution < -0.4 is 11.1 Å². The summed E-state index contributed by atoms with van der Waals surface area (Å²) in [6, 6.07) is 8.62. The van der Waals surface area contributed by atoms with Gasteiger partial charge in [0.2, 0.25) is 0 Å². The van der Waals surface area contributed by atoms with Crippen molar-refractivity contribution in [1.82, 2.24) is 10.2 Å². The number of nitrogens with one attached hydrogen (secondary N) is 1. The number of benzene rings is 1. The van der Waals surface area contributed by atoms with E-state index in [1.807, 2.05) is 12.1 Å². The Morgan fingerprint density at radius 3 is 2.79 bits per heavy atom. The van der Waals surface area contributed by atoms with E-state index in [4.69, 9.17) is 5.73 Å². The Morgan fingerprint density at radius 2 is 1.95 bits per heavy atom. The van der Waals surface area contributed by atoms with Gasteiger partial charge in [-0.15, -0.1) is 5.10 Å². The van der Waals surface area contributed by atoms with Crippen molar-refractivity contribution in [2.24, 2.45) is 11.7 Å². The molecule has 0 amide bonds. The van der Waals surface area contributed by atoms with Gasteiger partial charge in [0.1, 0.15) is 0 Å². The summed E-state index contributed by atoms with van der Waals surface area (Å²) < 4.78 is 0. The molecule has 4 nitrogen and oxygen atoms in total. The van der Waals surface area contributed by atoms with Crippen LogP contribution in [-0.4, -0.2) is 22.8 Å². The van der Waals surface area contributed by atoms with Crippen LogP contribution in [0.4, 0.5) is 5.82 Å². The van der Waals surface area contributed by atoms with Crippen molar-refractivity contribution in [2.75, 3.05) is 11.9 Å². The van der Waals surface area contributed by atoms with Gasteiger partial charge in [-0.25, -0.2) is 0 Å². The van der Waals surface area contributed by atoms with Gasteiger partial charge in [-0.3, -0.25) is 0 Å². The van der Waals surface area contributed by atoms with Crippen LogP contribution in [0.1, 0.15) is 25.7 Å². The molecule has 1 aliphatic rings. The summed E-state index contributed by atoms with van der Waals surface area (Å²) in [4.78, 5) is 0. The van der Waals surface area contributed by atoms with Gasteiger partial charge in [0, 0.05) is 23.4 Å². The first kappa shape index (κ1) is 12.4. The maximum atomic E-state index is 5.94. The molecule has 0 aliphatic heterocycles. The molecule has 100 valence electrons. The van der Waals surface area contributed by atoms with E-state index in [0.717, 1.165) is 36.0 Å². The van der Waals surface area contributed by atoms with E-state index in [-0.39, 0.29) is 0 Å². The zero-order chi connectivity index (χ0) is 13.1. The van der Waals surface area contributed by atoms with Crippen LogP contribution >= 0.6 is 0 Å². The molecule has 19 heavy (non-hydrogen) atoms. The third-order valence-electron chi connectivity index (χ3n) is 4.02. The van der Waals surface area contributed by atoms with Crippen molar-refractivity contribution in [3.8, 4) is 0 Å². The van der Waals surface area contributed by atoms with E-state index in [2.05, 4.69) is 27.6 Å². The molecule has 1 aromatic carbocycles.